The van der Waals surface area contributed by atoms with E-state index in [1.54, 1.807) is 10.7 Å². The average molecular weight is 435 g/mol. The van der Waals surface area contributed by atoms with Crippen LogP contribution in [0.3, 0.4) is 0 Å². The largest absolute Gasteiger partial charge is 0.370 e. The van der Waals surface area contributed by atoms with Crippen molar-refractivity contribution < 1.29 is 0 Å². The zero-order valence-electron chi connectivity index (χ0n) is 17.5. The van der Waals surface area contributed by atoms with Crippen molar-refractivity contribution >= 4 is 40.4 Å². The first-order chi connectivity index (χ1) is 15.2. The van der Waals surface area contributed by atoms with Crippen LogP contribution in [0, 0.1) is 17.2 Å². The van der Waals surface area contributed by atoms with Gasteiger partial charge in [-0.25, -0.2) is 4.98 Å². The van der Waals surface area contributed by atoms with E-state index in [0.29, 0.717) is 29.0 Å². The third-order valence-electron chi connectivity index (χ3n) is 5.80. The van der Waals surface area contributed by atoms with E-state index in [4.69, 9.17) is 5.73 Å². The maximum Gasteiger partial charge on any atom is 0.177 e. The second kappa shape index (κ2) is 8.29. The number of nitrogens with two attached hydrogens (primary N) is 1. The molecule has 9 heteroatoms. The number of nitrogens with one attached hydrogen (secondary N) is 2. The summed E-state index contributed by atoms with van der Waals surface area (Å²) in [6, 6.07) is 11.1. The Morgan fingerprint density at radius 2 is 2.13 bits per heavy atom. The van der Waals surface area contributed by atoms with Crippen LogP contribution in [0.5, 0.6) is 0 Å². The van der Waals surface area contributed by atoms with Gasteiger partial charge in [0.25, 0.3) is 0 Å². The Balaban J connectivity index is 1.44. The molecular formula is C22H26N8S. The summed E-state index contributed by atoms with van der Waals surface area (Å²) in [7, 11) is 0. The lowest BCUT2D eigenvalue weighted by molar-refractivity contribution is 0.420. The van der Waals surface area contributed by atoms with Crippen LogP contribution in [0.2, 0.25) is 0 Å². The first-order valence-electron chi connectivity index (χ1n) is 10.6. The molecule has 0 amide bonds. The lowest BCUT2D eigenvalue weighted by Gasteiger charge is -2.41. The SMILES string of the molecule is CSCc1cc(Nc2cc(NC3CC3)n3ncc(C#N)c3n2)ccc1N1CC(CN)C1. The lowest BCUT2D eigenvalue weighted by atomic mass is 9.98. The predicted molar refractivity (Wildman–Crippen MR) is 126 cm³/mol. The van der Waals surface area contributed by atoms with E-state index in [0.717, 1.165) is 49.7 Å². The Hall–Kier alpha value is -2.96. The van der Waals surface area contributed by atoms with E-state index in [9.17, 15) is 5.26 Å². The topological polar surface area (TPSA) is 107 Å². The molecule has 1 aromatic carbocycles. The molecule has 1 aliphatic carbocycles. The van der Waals surface area contributed by atoms with Crippen LogP contribution in [0.25, 0.3) is 5.65 Å². The van der Waals surface area contributed by atoms with Crippen LogP contribution in [-0.2, 0) is 5.75 Å². The molecule has 0 unspecified atom stereocenters. The maximum atomic E-state index is 9.43. The van der Waals surface area contributed by atoms with Gasteiger partial charge in [0, 0.05) is 48.2 Å². The number of anilines is 4. The number of nitriles is 1. The summed E-state index contributed by atoms with van der Waals surface area (Å²) < 4.78 is 1.71. The van der Waals surface area contributed by atoms with E-state index in [2.05, 4.69) is 56.1 Å². The molecule has 5 rings (SSSR count). The number of hydrogen-bond donors (Lipinski definition) is 3. The van der Waals surface area contributed by atoms with Gasteiger partial charge in [0.15, 0.2) is 5.65 Å². The average Bonchev–Trinajstić information content (AvgIpc) is 3.45. The van der Waals surface area contributed by atoms with Crippen molar-refractivity contribution in [1.82, 2.24) is 14.6 Å². The molecule has 3 heterocycles. The first-order valence-corrected chi connectivity index (χ1v) is 12.0. The second-order valence-electron chi connectivity index (χ2n) is 8.26. The molecule has 1 saturated carbocycles. The molecule has 0 bridgehead atoms. The van der Waals surface area contributed by atoms with Gasteiger partial charge in [-0.1, -0.05) is 0 Å². The molecule has 2 aromatic heterocycles. The van der Waals surface area contributed by atoms with Crippen LogP contribution in [0.1, 0.15) is 24.0 Å². The van der Waals surface area contributed by atoms with Gasteiger partial charge in [0.1, 0.15) is 23.3 Å². The van der Waals surface area contributed by atoms with E-state index in [1.165, 1.54) is 11.3 Å². The Kier molecular flexibility index (Phi) is 5.34. The van der Waals surface area contributed by atoms with E-state index < -0.39 is 0 Å². The van der Waals surface area contributed by atoms with Gasteiger partial charge in [-0.05, 0) is 49.4 Å². The summed E-state index contributed by atoms with van der Waals surface area (Å²) >= 11 is 1.81. The van der Waals surface area contributed by atoms with Crippen molar-refractivity contribution in [2.75, 3.05) is 41.4 Å². The fourth-order valence-corrected chi connectivity index (χ4v) is 4.49. The van der Waals surface area contributed by atoms with E-state index in [-0.39, 0.29) is 0 Å². The summed E-state index contributed by atoms with van der Waals surface area (Å²) in [5, 5.41) is 20.7. The van der Waals surface area contributed by atoms with Gasteiger partial charge < -0.3 is 21.3 Å². The van der Waals surface area contributed by atoms with Crippen molar-refractivity contribution in [2.45, 2.75) is 24.6 Å². The highest BCUT2D eigenvalue weighted by atomic mass is 32.2. The molecule has 31 heavy (non-hydrogen) atoms. The highest BCUT2D eigenvalue weighted by Crippen LogP contribution is 2.33. The normalized spacial score (nSPS) is 16.2. The van der Waals surface area contributed by atoms with Gasteiger partial charge in [-0.3, -0.25) is 0 Å². The molecule has 160 valence electrons. The highest BCUT2D eigenvalue weighted by Gasteiger charge is 2.27. The minimum Gasteiger partial charge on any atom is -0.370 e. The number of aromatic nitrogens is 3. The number of thioether (sulfide) groups is 1. The molecule has 0 atom stereocenters. The van der Waals surface area contributed by atoms with Crippen molar-refractivity contribution in [3.63, 3.8) is 0 Å². The number of rotatable bonds is 8. The number of benzene rings is 1. The quantitative estimate of drug-likeness (QED) is 0.496. The van der Waals surface area contributed by atoms with Crippen LogP contribution in [0.4, 0.5) is 23.0 Å². The minimum atomic E-state index is 0.466. The Morgan fingerprint density at radius 1 is 1.29 bits per heavy atom. The lowest BCUT2D eigenvalue weighted by Crippen LogP contribution is -2.50. The van der Waals surface area contributed by atoms with E-state index in [1.807, 2.05) is 17.8 Å². The van der Waals surface area contributed by atoms with Crippen LogP contribution in [-0.4, -0.2) is 46.5 Å². The molecule has 2 fully saturated rings. The van der Waals surface area contributed by atoms with Crippen molar-refractivity contribution in [1.29, 1.82) is 5.26 Å². The summed E-state index contributed by atoms with van der Waals surface area (Å²) in [4.78, 5) is 7.07. The molecule has 0 spiro atoms. The standard InChI is InChI=1S/C22H26N8S/c1-31-13-15-6-18(4-5-19(15)29-11-14(8-23)12-29)26-20-7-21(27-17-2-3-17)30-22(28-20)16(9-24)10-25-30/h4-7,10,14,17,27H,2-3,8,11-13,23H2,1H3,(H,26,28). The van der Waals surface area contributed by atoms with E-state index >= 15 is 0 Å². The molecule has 2 aliphatic rings. The zero-order valence-corrected chi connectivity index (χ0v) is 18.3. The van der Waals surface area contributed by atoms with Crippen molar-refractivity contribution in [2.24, 2.45) is 11.7 Å². The molecule has 1 aliphatic heterocycles. The summed E-state index contributed by atoms with van der Waals surface area (Å²) in [5.41, 5.74) is 10.4. The highest BCUT2D eigenvalue weighted by molar-refractivity contribution is 7.97. The Morgan fingerprint density at radius 3 is 2.84 bits per heavy atom. The first kappa shape index (κ1) is 20.0. The molecular weight excluding hydrogens is 408 g/mol. The fourth-order valence-electron chi connectivity index (χ4n) is 3.95. The zero-order chi connectivity index (χ0) is 21.4. The van der Waals surface area contributed by atoms with Gasteiger partial charge >= 0.3 is 0 Å². The molecule has 3 aromatic rings. The molecule has 4 N–H and O–H groups in total. The van der Waals surface area contributed by atoms with Crippen LogP contribution < -0.4 is 21.3 Å². The van der Waals surface area contributed by atoms with Gasteiger partial charge in [-0.15, -0.1) is 0 Å². The number of nitrogens with zero attached hydrogens (tertiary/aromatic N) is 5. The molecule has 8 nitrogen and oxygen atoms in total. The van der Waals surface area contributed by atoms with Gasteiger partial charge in [0.05, 0.1) is 6.20 Å². The molecule has 0 radical (unpaired) electrons. The molecule has 1 saturated heterocycles. The summed E-state index contributed by atoms with van der Waals surface area (Å²) in [6.45, 7) is 2.80. The van der Waals surface area contributed by atoms with Crippen LogP contribution in [0.15, 0.2) is 30.5 Å². The Labute approximate surface area is 185 Å². The maximum absolute atomic E-state index is 9.43. The number of fused-ring (bicyclic) bond motifs is 1. The predicted octanol–water partition coefficient (Wildman–Crippen LogP) is 3.18. The van der Waals surface area contributed by atoms with Crippen molar-refractivity contribution in [3.05, 3.63) is 41.6 Å². The smallest absolute Gasteiger partial charge is 0.177 e. The minimum absolute atomic E-state index is 0.466. The van der Waals surface area contributed by atoms with Gasteiger partial charge in [-0.2, -0.15) is 26.6 Å². The summed E-state index contributed by atoms with van der Waals surface area (Å²) in [6.07, 6.45) is 5.99. The van der Waals surface area contributed by atoms with Crippen molar-refractivity contribution in [3.8, 4) is 6.07 Å². The third-order valence-corrected chi connectivity index (χ3v) is 6.40. The monoisotopic (exact) mass is 434 g/mol. The Bertz CT molecular complexity index is 1140. The number of hydrogen-bond acceptors (Lipinski definition) is 8. The fraction of sp³-hybridized carbons (Fsp3) is 0.409. The third kappa shape index (κ3) is 4.01. The second-order valence-corrected chi connectivity index (χ2v) is 9.12. The van der Waals surface area contributed by atoms with Crippen LogP contribution >= 0.6 is 11.8 Å². The summed E-state index contributed by atoms with van der Waals surface area (Å²) in [5.74, 6) is 3.09. The van der Waals surface area contributed by atoms with Gasteiger partial charge in [0.2, 0.25) is 0 Å².